The SMILES string of the molecule is Nc1nccc(Oc2ccc(NC(=O)c3cn(COC(=O)C4CCNC4)cc(-c4ccc(F)cc4)c3=O)cc2F)c1Cl. The summed E-state index contributed by atoms with van der Waals surface area (Å²) in [6.45, 7) is 0.936. The minimum atomic E-state index is -0.845. The molecule has 10 nitrogen and oxygen atoms in total. The van der Waals surface area contributed by atoms with Crippen LogP contribution in [-0.2, 0) is 16.3 Å². The minimum absolute atomic E-state index is 0.0113. The van der Waals surface area contributed by atoms with E-state index >= 15 is 0 Å². The van der Waals surface area contributed by atoms with Gasteiger partial charge < -0.3 is 30.4 Å². The molecule has 1 fully saturated rings. The predicted molar refractivity (Wildman–Crippen MR) is 151 cm³/mol. The fourth-order valence-electron chi connectivity index (χ4n) is 4.31. The lowest BCUT2D eigenvalue weighted by atomic mass is 10.0. The van der Waals surface area contributed by atoms with Crippen molar-refractivity contribution in [3.8, 4) is 22.6 Å². The number of hydrogen-bond acceptors (Lipinski definition) is 8. The lowest BCUT2D eigenvalue weighted by Gasteiger charge is -2.15. The fourth-order valence-corrected chi connectivity index (χ4v) is 4.46. The van der Waals surface area contributed by atoms with Crippen molar-refractivity contribution in [1.82, 2.24) is 14.9 Å². The van der Waals surface area contributed by atoms with Gasteiger partial charge in [0.05, 0.1) is 5.92 Å². The zero-order valence-corrected chi connectivity index (χ0v) is 22.7. The highest BCUT2D eigenvalue weighted by Gasteiger charge is 2.24. The first kappa shape index (κ1) is 28.7. The number of halogens is 3. The van der Waals surface area contributed by atoms with Gasteiger partial charge in [0.15, 0.2) is 24.0 Å². The summed E-state index contributed by atoms with van der Waals surface area (Å²) in [5.41, 5.74) is 5.13. The molecule has 3 heterocycles. The zero-order valence-electron chi connectivity index (χ0n) is 21.9. The van der Waals surface area contributed by atoms with Gasteiger partial charge in [-0.05, 0) is 42.8 Å². The summed E-state index contributed by atoms with van der Waals surface area (Å²) in [5.74, 6) is -2.98. The normalized spacial score (nSPS) is 14.4. The highest BCUT2D eigenvalue weighted by molar-refractivity contribution is 6.34. The molecule has 1 unspecified atom stereocenters. The van der Waals surface area contributed by atoms with Crippen LogP contribution < -0.4 is 26.5 Å². The topological polar surface area (TPSA) is 138 Å². The fraction of sp³-hybridized carbons (Fsp3) is 0.172. The molecular formula is C29H24ClF2N5O5. The molecule has 2 aromatic heterocycles. The lowest BCUT2D eigenvalue weighted by Crippen LogP contribution is -2.26. The number of nitrogen functional groups attached to an aromatic ring is 1. The van der Waals surface area contributed by atoms with Gasteiger partial charge in [-0.15, -0.1) is 0 Å². The molecule has 4 aromatic rings. The molecule has 13 heteroatoms. The van der Waals surface area contributed by atoms with E-state index in [1.54, 1.807) is 0 Å². The molecule has 2 aromatic carbocycles. The molecule has 4 N–H and O–H groups in total. The Morgan fingerprint density at radius 2 is 1.90 bits per heavy atom. The molecule has 5 rings (SSSR count). The first-order valence-corrected chi connectivity index (χ1v) is 13.1. The number of esters is 1. The molecule has 0 spiro atoms. The van der Waals surface area contributed by atoms with Crippen molar-refractivity contribution in [3.05, 3.63) is 99.6 Å². The Morgan fingerprint density at radius 3 is 2.62 bits per heavy atom. The zero-order chi connectivity index (χ0) is 29.8. The molecule has 0 aliphatic carbocycles. The van der Waals surface area contributed by atoms with Gasteiger partial charge in [0.1, 0.15) is 22.2 Å². The number of amides is 1. The summed E-state index contributed by atoms with van der Waals surface area (Å²) >= 11 is 6.06. The van der Waals surface area contributed by atoms with E-state index in [1.165, 1.54) is 65.6 Å². The van der Waals surface area contributed by atoms with Gasteiger partial charge in [0, 0.05) is 48.5 Å². The number of hydrogen-bond donors (Lipinski definition) is 3. The number of aromatic nitrogens is 2. The second kappa shape index (κ2) is 12.4. The van der Waals surface area contributed by atoms with E-state index < -0.39 is 28.9 Å². The maximum absolute atomic E-state index is 14.9. The minimum Gasteiger partial charge on any atom is -0.453 e. The number of nitrogens with two attached hydrogens (primary N) is 1. The standard InChI is InChI=1S/C29H24ClF2N5O5/c30-25-24(8-10-35-27(25)33)42-23-6-5-19(11-22(23)32)36-28(39)21-14-37(15-41-29(40)17-7-9-34-12-17)13-20(26(21)38)16-1-3-18(31)4-2-16/h1-6,8,10-11,13-14,17,34H,7,9,12,15H2,(H2,33,35)(H,36,39). The monoisotopic (exact) mass is 595 g/mol. The summed E-state index contributed by atoms with van der Waals surface area (Å²) < 4.78 is 40.7. The largest absolute Gasteiger partial charge is 0.453 e. The number of anilines is 2. The molecule has 1 aliphatic rings. The average molecular weight is 596 g/mol. The molecule has 1 saturated heterocycles. The van der Waals surface area contributed by atoms with Crippen molar-refractivity contribution in [1.29, 1.82) is 0 Å². The van der Waals surface area contributed by atoms with Gasteiger partial charge in [-0.1, -0.05) is 23.7 Å². The maximum Gasteiger partial charge on any atom is 0.312 e. The van der Waals surface area contributed by atoms with Crippen LogP contribution in [0.3, 0.4) is 0 Å². The van der Waals surface area contributed by atoms with Crippen molar-refractivity contribution in [2.75, 3.05) is 24.1 Å². The molecule has 1 atom stereocenters. The Bertz CT molecular complexity index is 1710. The Morgan fingerprint density at radius 1 is 1.12 bits per heavy atom. The third-order valence-electron chi connectivity index (χ3n) is 6.52. The number of rotatable bonds is 8. The van der Waals surface area contributed by atoms with Crippen LogP contribution in [0.5, 0.6) is 11.5 Å². The third kappa shape index (κ3) is 6.40. The predicted octanol–water partition coefficient (Wildman–Crippen LogP) is 4.58. The Kier molecular flexibility index (Phi) is 8.46. The van der Waals surface area contributed by atoms with Crippen LogP contribution in [0.25, 0.3) is 11.1 Å². The number of nitrogens with zero attached hydrogens (tertiary/aromatic N) is 2. The van der Waals surface area contributed by atoms with Crippen molar-refractivity contribution in [2.45, 2.75) is 13.2 Å². The van der Waals surface area contributed by atoms with Gasteiger partial charge in [-0.3, -0.25) is 14.4 Å². The summed E-state index contributed by atoms with van der Waals surface area (Å²) in [6, 6.07) is 10.2. The Labute approximate surface area is 243 Å². The van der Waals surface area contributed by atoms with Crippen LogP contribution in [0.4, 0.5) is 20.3 Å². The first-order valence-electron chi connectivity index (χ1n) is 12.8. The lowest BCUT2D eigenvalue weighted by molar-refractivity contribution is -0.151. The van der Waals surface area contributed by atoms with Crippen LogP contribution in [-0.4, -0.2) is 34.5 Å². The van der Waals surface area contributed by atoms with E-state index in [0.717, 1.165) is 6.07 Å². The van der Waals surface area contributed by atoms with E-state index in [4.69, 9.17) is 26.8 Å². The van der Waals surface area contributed by atoms with Crippen LogP contribution in [0.15, 0.2) is 71.9 Å². The van der Waals surface area contributed by atoms with E-state index in [9.17, 15) is 23.2 Å². The molecule has 1 amide bonds. The Hall–Kier alpha value is -4.81. The second-order valence-corrected chi connectivity index (χ2v) is 9.81. The summed E-state index contributed by atoms with van der Waals surface area (Å²) in [4.78, 5) is 42.9. The highest BCUT2D eigenvalue weighted by atomic mass is 35.5. The third-order valence-corrected chi connectivity index (χ3v) is 6.90. The van der Waals surface area contributed by atoms with Crippen LogP contribution in [0.2, 0.25) is 5.02 Å². The van der Waals surface area contributed by atoms with Crippen LogP contribution >= 0.6 is 11.6 Å². The van der Waals surface area contributed by atoms with Gasteiger partial charge in [-0.2, -0.15) is 0 Å². The van der Waals surface area contributed by atoms with E-state index in [-0.39, 0.29) is 51.8 Å². The quantitative estimate of drug-likeness (QED) is 0.252. The first-order chi connectivity index (χ1) is 20.2. The average Bonchev–Trinajstić information content (AvgIpc) is 3.52. The summed E-state index contributed by atoms with van der Waals surface area (Å²) in [6.07, 6.45) is 4.63. The smallest absolute Gasteiger partial charge is 0.312 e. The molecule has 1 aliphatic heterocycles. The second-order valence-electron chi connectivity index (χ2n) is 9.43. The van der Waals surface area contributed by atoms with E-state index in [0.29, 0.717) is 25.1 Å². The summed E-state index contributed by atoms with van der Waals surface area (Å²) in [5, 5.41) is 5.59. The van der Waals surface area contributed by atoms with Crippen molar-refractivity contribution < 1.29 is 27.8 Å². The van der Waals surface area contributed by atoms with Gasteiger partial charge in [-0.25, -0.2) is 13.8 Å². The number of nitrogens with one attached hydrogen (secondary N) is 2. The van der Waals surface area contributed by atoms with Crippen molar-refractivity contribution in [2.24, 2.45) is 5.92 Å². The molecule has 0 radical (unpaired) electrons. The Balaban J connectivity index is 1.40. The number of carbonyl (C=O) groups excluding carboxylic acids is 2. The molecule has 0 bridgehead atoms. The van der Waals surface area contributed by atoms with Gasteiger partial charge >= 0.3 is 5.97 Å². The summed E-state index contributed by atoms with van der Waals surface area (Å²) in [7, 11) is 0. The number of ether oxygens (including phenoxy) is 2. The number of pyridine rings is 2. The van der Waals surface area contributed by atoms with Gasteiger partial charge in [0.2, 0.25) is 5.43 Å². The molecule has 216 valence electrons. The van der Waals surface area contributed by atoms with Crippen molar-refractivity contribution in [3.63, 3.8) is 0 Å². The molecule has 42 heavy (non-hydrogen) atoms. The maximum atomic E-state index is 14.9. The van der Waals surface area contributed by atoms with E-state index in [1.807, 2.05) is 0 Å². The van der Waals surface area contributed by atoms with Gasteiger partial charge in [0.25, 0.3) is 5.91 Å². The molecular weight excluding hydrogens is 572 g/mol. The number of carbonyl (C=O) groups is 2. The van der Waals surface area contributed by atoms with E-state index in [2.05, 4.69) is 15.6 Å². The van der Waals surface area contributed by atoms with Crippen LogP contribution in [0, 0.1) is 17.6 Å². The van der Waals surface area contributed by atoms with Crippen LogP contribution in [0.1, 0.15) is 16.8 Å². The highest BCUT2D eigenvalue weighted by Crippen LogP contribution is 2.34. The van der Waals surface area contributed by atoms with Crippen molar-refractivity contribution >= 4 is 35.0 Å². The number of benzene rings is 2. The molecule has 0 saturated carbocycles.